The molecule has 116 valence electrons. The van der Waals surface area contributed by atoms with E-state index in [4.69, 9.17) is 9.47 Å². The van der Waals surface area contributed by atoms with E-state index >= 15 is 0 Å². The van der Waals surface area contributed by atoms with Gasteiger partial charge >= 0.3 is 0 Å². The van der Waals surface area contributed by atoms with Crippen molar-refractivity contribution in [1.29, 1.82) is 0 Å². The molecule has 0 saturated heterocycles. The number of nitrogens with zero attached hydrogens (tertiary/aromatic N) is 1. The molecule has 0 unspecified atom stereocenters. The minimum absolute atomic E-state index is 0.0489. The van der Waals surface area contributed by atoms with Gasteiger partial charge in [0, 0.05) is 18.7 Å². The highest BCUT2D eigenvalue weighted by molar-refractivity contribution is 9.10. The quantitative estimate of drug-likeness (QED) is 0.747. The Morgan fingerprint density at radius 1 is 1.29 bits per heavy atom. The van der Waals surface area contributed by atoms with Gasteiger partial charge in [-0.1, -0.05) is 6.92 Å². The lowest BCUT2D eigenvalue weighted by molar-refractivity contribution is 0.0747. The summed E-state index contributed by atoms with van der Waals surface area (Å²) in [6.45, 7) is 3.74. The summed E-state index contributed by atoms with van der Waals surface area (Å²) in [6.07, 6.45) is 3.43. The van der Waals surface area contributed by atoms with E-state index in [0.717, 1.165) is 24.0 Å². The second-order valence-electron chi connectivity index (χ2n) is 5.39. The van der Waals surface area contributed by atoms with Crippen LogP contribution in [0, 0.1) is 5.92 Å². The van der Waals surface area contributed by atoms with Gasteiger partial charge in [-0.15, -0.1) is 0 Å². The van der Waals surface area contributed by atoms with E-state index in [2.05, 4.69) is 22.9 Å². The van der Waals surface area contributed by atoms with Gasteiger partial charge in [0.2, 0.25) is 0 Å². The van der Waals surface area contributed by atoms with Crippen LogP contribution in [0.3, 0.4) is 0 Å². The second-order valence-corrected chi connectivity index (χ2v) is 6.18. The van der Waals surface area contributed by atoms with E-state index in [-0.39, 0.29) is 5.91 Å². The minimum Gasteiger partial charge on any atom is -0.495 e. The molecule has 1 aromatic rings. The normalized spacial score (nSPS) is 13.9. The monoisotopic (exact) mass is 355 g/mol. The van der Waals surface area contributed by atoms with Crippen LogP contribution in [0.1, 0.15) is 36.5 Å². The van der Waals surface area contributed by atoms with Gasteiger partial charge in [0.1, 0.15) is 16.0 Å². The van der Waals surface area contributed by atoms with E-state index in [1.165, 1.54) is 12.8 Å². The summed E-state index contributed by atoms with van der Waals surface area (Å²) in [5.74, 6) is 1.95. The second kappa shape index (κ2) is 7.16. The Labute approximate surface area is 134 Å². The van der Waals surface area contributed by atoms with Crippen molar-refractivity contribution in [1.82, 2.24) is 4.90 Å². The molecule has 1 fully saturated rings. The summed E-state index contributed by atoms with van der Waals surface area (Å²) >= 11 is 3.43. The zero-order chi connectivity index (χ0) is 15.4. The highest BCUT2D eigenvalue weighted by Gasteiger charge is 2.27. The average Bonchev–Trinajstić information content (AvgIpc) is 3.30. The number of ether oxygens (including phenoxy) is 2. The van der Waals surface area contributed by atoms with Crippen LogP contribution >= 0.6 is 15.9 Å². The third-order valence-corrected chi connectivity index (χ3v) is 4.43. The third kappa shape index (κ3) is 3.90. The zero-order valence-electron chi connectivity index (χ0n) is 12.8. The molecule has 2 rings (SSSR count). The molecule has 0 radical (unpaired) electrons. The molecule has 0 heterocycles. The summed E-state index contributed by atoms with van der Waals surface area (Å²) in [5.41, 5.74) is 0.612. The van der Waals surface area contributed by atoms with Gasteiger partial charge in [-0.2, -0.15) is 0 Å². The number of hydrogen-bond donors (Lipinski definition) is 0. The molecule has 4 nitrogen and oxygen atoms in total. The maximum absolute atomic E-state index is 12.7. The minimum atomic E-state index is 0.0489. The van der Waals surface area contributed by atoms with Crippen LogP contribution in [0.15, 0.2) is 16.6 Å². The standard InChI is InChI=1S/C16H22BrNO3/c1-4-7-18(10-11-5-6-11)16(19)12-8-13(20-2)15(17)14(9-12)21-3/h8-9,11H,4-7,10H2,1-3H3. The number of benzene rings is 1. The molecule has 0 N–H and O–H groups in total. The van der Waals surface area contributed by atoms with Crippen molar-refractivity contribution in [2.24, 2.45) is 5.92 Å². The van der Waals surface area contributed by atoms with Crippen LogP contribution in [-0.4, -0.2) is 38.1 Å². The average molecular weight is 356 g/mol. The molecule has 0 aliphatic heterocycles. The molecule has 5 heteroatoms. The Morgan fingerprint density at radius 2 is 1.86 bits per heavy atom. The smallest absolute Gasteiger partial charge is 0.254 e. The van der Waals surface area contributed by atoms with Crippen molar-refractivity contribution in [3.05, 3.63) is 22.2 Å². The summed E-state index contributed by atoms with van der Waals surface area (Å²) in [6, 6.07) is 3.54. The number of amides is 1. The first-order valence-electron chi connectivity index (χ1n) is 7.31. The Morgan fingerprint density at radius 3 is 2.29 bits per heavy atom. The topological polar surface area (TPSA) is 38.8 Å². The SMILES string of the molecule is CCCN(CC1CC1)C(=O)c1cc(OC)c(Br)c(OC)c1. The van der Waals surface area contributed by atoms with Crippen LogP contribution in [0.25, 0.3) is 0 Å². The first kappa shape index (κ1) is 16.1. The number of methoxy groups -OCH3 is 2. The fraction of sp³-hybridized carbons (Fsp3) is 0.562. The van der Waals surface area contributed by atoms with E-state index in [0.29, 0.717) is 23.0 Å². The predicted octanol–water partition coefficient (Wildman–Crippen LogP) is 3.73. The predicted molar refractivity (Wildman–Crippen MR) is 86.2 cm³/mol. The Balaban J connectivity index is 2.26. The molecule has 1 saturated carbocycles. The first-order valence-corrected chi connectivity index (χ1v) is 8.10. The summed E-state index contributed by atoms with van der Waals surface area (Å²) < 4.78 is 11.4. The van der Waals surface area contributed by atoms with Crippen LogP contribution < -0.4 is 9.47 Å². The Bertz CT molecular complexity index is 489. The van der Waals surface area contributed by atoms with E-state index in [1.54, 1.807) is 26.4 Å². The lowest BCUT2D eigenvalue weighted by atomic mass is 10.1. The van der Waals surface area contributed by atoms with E-state index in [9.17, 15) is 4.79 Å². The molecule has 1 amide bonds. The van der Waals surface area contributed by atoms with Crippen molar-refractivity contribution >= 4 is 21.8 Å². The summed E-state index contributed by atoms with van der Waals surface area (Å²) in [7, 11) is 3.17. The van der Waals surface area contributed by atoms with Gasteiger partial charge in [0.25, 0.3) is 5.91 Å². The summed E-state index contributed by atoms with van der Waals surface area (Å²) in [4.78, 5) is 14.7. The molecule has 0 aromatic heterocycles. The van der Waals surface area contributed by atoms with Crippen LogP contribution in [0.2, 0.25) is 0 Å². The number of halogens is 1. The van der Waals surface area contributed by atoms with E-state index < -0.39 is 0 Å². The van der Waals surface area contributed by atoms with Crippen molar-refractivity contribution in [2.45, 2.75) is 26.2 Å². The van der Waals surface area contributed by atoms with Gasteiger partial charge in [0.05, 0.1) is 14.2 Å². The fourth-order valence-corrected chi connectivity index (χ4v) is 2.89. The molecular formula is C16H22BrNO3. The molecule has 21 heavy (non-hydrogen) atoms. The van der Waals surface area contributed by atoms with Crippen LogP contribution in [0.4, 0.5) is 0 Å². The number of carbonyl (C=O) groups is 1. The number of carbonyl (C=O) groups excluding carboxylic acids is 1. The molecule has 1 aliphatic carbocycles. The highest BCUT2D eigenvalue weighted by Crippen LogP contribution is 2.36. The Kier molecular flexibility index (Phi) is 5.51. The van der Waals surface area contributed by atoms with Gasteiger partial charge < -0.3 is 14.4 Å². The Hall–Kier alpha value is -1.23. The number of hydrogen-bond acceptors (Lipinski definition) is 3. The van der Waals surface area contributed by atoms with Gasteiger partial charge in [-0.05, 0) is 53.2 Å². The third-order valence-electron chi connectivity index (χ3n) is 3.65. The lowest BCUT2D eigenvalue weighted by Crippen LogP contribution is -2.33. The van der Waals surface area contributed by atoms with Gasteiger partial charge in [-0.3, -0.25) is 4.79 Å². The highest BCUT2D eigenvalue weighted by atomic mass is 79.9. The van der Waals surface area contributed by atoms with Crippen molar-refractivity contribution in [3.8, 4) is 11.5 Å². The van der Waals surface area contributed by atoms with Crippen LogP contribution in [0.5, 0.6) is 11.5 Å². The van der Waals surface area contributed by atoms with E-state index in [1.807, 2.05) is 4.90 Å². The maximum atomic E-state index is 12.7. The molecular weight excluding hydrogens is 334 g/mol. The van der Waals surface area contributed by atoms with Crippen molar-refractivity contribution in [2.75, 3.05) is 27.3 Å². The van der Waals surface area contributed by atoms with Crippen LogP contribution in [-0.2, 0) is 0 Å². The first-order chi connectivity index (χ1) is 10.1. The molecule has 1 aliphatic rings. The molecule has 0 bridgehead atoms. The van der Waals surface area contributed by atoms with Gasteiger partial charge in [-0.25, -0.2) is 0 Å². The van der Waals surface area contributed by atoms with Crippen molar-refractivity contribution in [3.63, 3.8) is 0 Å². The molecule has 1 aromatic carbocycles. The van der Waals surface area contributed by atoms with Crippen molar-refractivity contribution < 1.29 is 14.3 Å². The zero-order valence-corrected chi connectivity index (χ0v) is 14.4. The molecule has 0 atom stereocenters. The lowest BCUT2D eigenvalue weighted by Gasteiger charge is -2.23. The fourth-order valence-electron chi connectivity index (χ4n) is 2.33. The number of rotatable bonds is 7. The summed E-state index contributed by atoms with van der Waals surface area (Å²) in [5, 5.41) is 0. The molecule has 0 spiro atoms. The van der Waals surface area contributed by atoms with Gasteiger partial charge in [0.15, 0.2) is 0 Å². The maximum Gasteiger partial charge on any atom is 0.254 e. The largest absolute Gasteiger partial charge is 0.495 e.